The monoisotopic (exact) mass is 461 g/mol. The van der Waals surface area contributed by atoms with Crippen molar-refractivity contribution in [3.05, 3.63) is 87.3 Å². The van der Waals surface area contributed by atoms with Crippen molar-refractivity contribution in [1.82, 2.24) is 0 Å². The number of carbonyl (C=O) groups is 1. The fourth-order valence-corrected chi connectivity index (χ4v) is 4.66. The zero-order chi connectivity index (χ0) is 23.6. The van der Waals surface area contributed by atoms with Crippen LogP contribution in [0.1, 0.15) is 28.8 Å². The topological polar surface area (TPSA) is 112 Å². The predicted octanol–water partition coefficient (Wildman–Crippen LogP) is 4.58. The van der Waals surface area contributed by atoms with Crippen LogP contribution in [0.25, 0.3) is 0 Å². The molecule has 8 nitrogen and oxygen atoms in total. The molecule has 33 heavy (non-hydrogen) atoms. The maximum absolute atomic E-state index is 13.5. The van der Waals surface area contributed by atoms with E-state index < -0.39 is 17.4 Å². The van der Waals surface area contributed by atoms with Gasteiger partial charge in [-0.05, 0) is 55.1 Å². The fraction of sp³-hybridized carbons (Fsp3) is 0.208. The molecule has 0 saturated carbocycles. The molecule has 0 fully saturated rings. The van der Waals surface area contributed by atoms with Gasteiger partial charge >= 0.3 is 5.97 Å². The van der Waals surface area contributed by atoms with Crippen molar-refractivity contribution < 1.29 is 14.7 Å². The first-order valence-electron chi connectivity index (χ1n) is 10.3. The third-order valence-corrected chi connectivity index (χ3v) is 6.38. The maximum Gasteiger partial charge on any atom is 0.350 e. The Morgan fingerprint density at radius 2 is 1.97 bits per heavy atom. The Hall–Kier alpha value is -3.71. The molecule has 0 amide bonds. The van der Waals surface area contributed by atoms with Gasteiger partial charge in [-0.2, -0.15) is 10.4 Å². The van der Waals surface area contributed by atoms with Crippen molar-refractivity contribution in [2.24, 2.45) is 5.10 Å². The van der Waals surface area contributed by atoms with Crippen molar-refractivity contribution >= 4 is 34.4 Å². The lowest BCUT2D eigenvalue weighted by atomic mass is 9.77. The molecule has 9 heteroatoms. The van der Waals surface area contributed by atoms with Crippen LogP contribution in [0.2, 0.25) is 0 Å². The quantitative estimate of drug-likeness (QED) is 0.422. The van der Waals surface area contributed by atoms with E-state index in [0.717, 1.165) is 16.0 Å². The summed E-state index contributed by atoms with van der Waals surface area (Å²) in [5, 5.41) is 38.7. The van der Waals surface area contributed by atoms with Crippen LogP contribution in [-0.4, -0.2) is 29.0 Å². The van der Waals surface area contributed by atoms with E-state index >= 15 is 0 Å². The number of benzene rings is 2. The van der Waals surface area contributed by atoms with E-state index in [0.29, 0.717) is 11.4 Å². The lowest BCUT2D eigenvalue weighted by molar-refractivity contribution is -0.147. The van der Waals surface area contributed by atoms with E-state index in [2.05, 4.69) is 6.07 Å². The molecule has 0 saturated heterocycles. The number of aryl methyl sites for hydroxylation is 1. The molecule has 2 heterocycles. The van der Waals surface area contributed by atoms with Gasteiger partial charge in [-0.3, -0.25) is 5.21 Å². The molecule has 1 aliphatic heterocycles. The number of nitrogens with zero attached hydrogens (tertiary/aromatic N) is 4. The molecule has 0 unspecified atom stereocenters. The highest BCUT2D eigenvalue weighted by Crippen LogP contribution is 2.46. The van der Waals surface area contributed by atoms with Crippen LogP contribution in [0.4, 0.5) is 11.4 Å². The standard InChI is InChI=1S/C24H21N4O4S/c1-3-32-23(29)24(15-25)21(17-8-6-16(2)7-9-17)22(20-5-4-14-33-20)26-27(24)18-10-12-19(13-11-18)28(30)31/h4-14,21,30H,3H2,1-2H3/q-1/t21-,24-/m1/s1. The van der Waals surface area contributed by atoms with Gasteiger partial charge in [0.25, 0.3) is 5.54 Å². The molecule has 0 aliphatic carbocycles. The summed E-state index contributed by atoms with van der Waals surface area (Å²) in [6.45, 7) is 3.74. The Kier molecular flexibility index (Phi) is 6.16. The first kappa shape index (κ1) is 22.5. The summed E-state index contributed by atoms with van der Waals surface area (Å²) >= 11 is 1.46. The molecule has 2 atom stereocenters. The lowest BCUT2D eigenvalue weighted by Gasteiger charge is -2.34. The largest absolute Gasteiger partial charge is 0.733 e. The second-order valence-electron chi connectivity index (χ2n) is 7.51. The van der Waals surface area contributed by atoms with Gasteiger partial charge in [-0.25, -0.2) is 9.80 Å². The molecule has 168 valence electrons. The van der Waals surface area contributed by atoms with Crippen LogP contribution in [0.15, 0.2) is 71.1 Å². The smallest absolute Gasteiger partial charge is 0.350 e. The van der Waals surface area contributed by atoms with Crippen LogP contribution >= 0.6 is 11.3 Å². The first-order valence-corrected chi connectivity index (χ1v) is 11.1. The molecule has 1 N–H and O–H groups in total. The van der Waals surface area contributed by atoms with Gasteiger partial charge in [0.1, 0.15) is 6.07 Å². The molecule has 4 rings (SSSR count). The Morgan fingerprint density at radius 3 is 2.52 bits per heavy atom. The number of anilines is 2. The van der Waals surface area contributed by atoms with Crippen molar-refractivity contribution in [1.29, 1.82) is 5.26 Å². The summed E-state index contributed by atoms with van der Waals surface area (Å²) < 4.78 is 5.40. The second kappa shape index (κ2) is 9.03. The van der Waals surface area contributed by atoms with Gasteiger partial charge < -0.3 is 15.2 Å². The minimum Gasteiger partial charge on any atom is -0.733 e. The van der Waals surface area contributed by atoms with Gasteiger partial charge in [0.2, 0.25) is 0 Å². The number of carbonyl (C=O) groups excluding carboxylic acids is 1. The average Bonchev–Trinajstić information content (AvgIpc) is 3.46. The molecule has 0 radical (unpaired) electrons. The fourth-order valence-electron chi connectivity index (χ4n) is 3.92. The second-order valence-corrected chi connectivity index (χ2v) is 8.45. The molecule has 1 aliphatic rings. The van der Waals surface area contributed by atoms with Crippen molar-refractivity contribution in [3.63, 3.8) is 0 Å². The minimum absolute atomic E-state index is 0.00850. The number of hydrazone groups is 1. The Morgan fingerprint density at radius 1 is 1.27 bits per heavy atom. The zero-order valence-corrected chi connectivity index (χ0v) is 18.8. The van der Waals surface area contributed by atoms with Crippen molar-refractivity contribution in [2.75, 3.05) is 16.8 Å². The van der Waals surface area contributed by atoms with E-state index in [-0.39, 0.29) is 17.5 Å². The minimum atomic E-state index is -1.82. The average molecular weight is 462 g/mol. The molecule has 2 aromatic carbocycles. The van der Waals surface area contributed by atoms with Gasteiger partial charge in [-0.1, -0.05) is 35.9 Å². The van der Waals surface area contributed by atoms with Gasteiger partial charge in [0.05, 0.1) is 34.5 Å². The Balaban J connectivity index is 1.96. The third-order valence-electron chi connectivity index (χ3n) is 5.49. The third kappa shape index (κ3) is 3.85. The molecule has 0 spiro atoms. The summed E-state index contributed by atoms with van der Waals surface area (Å²) in [5.41, 5.74) is 0.960. The highest BCUT2D eigenvalue weighted by molar-refractivity contribution is 7.12. The van der Waals surface area contributed by atoms with Crippen LogP contribution in [0.5, 0.6) is 0 Å². The molecule has 1 aromatic heterocycles. The predicted molar refractivity (Wildman–Crippen MR) is 126 cm³/mol. The van der Waals surface area contributed by atoms with E-state index in [1.807, 2.05) is 48.7 Å². The van der Waals surface area contributed by atoms with E-state index in [1.165, 1.54) is 40.6 Å². The number of hydrogen-bond donors (Lipinski definition) is 1. The molecular weight excluding hydrogens is 440 g/mol. The number of rotatable bonds is 6. The van der Waals surface area contributed by atoms with Crippen LogP contribution in [0.3, 0.4) is 0 Å². The van der Waals surface area contributed by atoms with Gasteiger partial charge in [-0.15, -0.1) is 11.3 Å². The first-order chi connectivity index (χ1) is 15.9. The van der Waals surface area contributed by atoms with E-state index in [1.54, 1.807) is 6.92 Å². The Bertz CT molecular complexity index is 1200. The number of hydrogen-bond acceptors (Lipinski definition) is 9. The number of ether oxygens (including phenoxy) is 1. The van der Waals surface area contributed by atoms with Gasteiger partial charge in [0, 0.05) is 0 Å². The van der Waals surface area contributed by atoms with Crippen molar-refractivity contribution in [3.8, 4) is 6.07 Å². The summed E-state index contributed by atoms with van der Waals surface area (Å²) in [4.78, 5) is 14.3. The highest BCUT2D eigenvalue weighted by atomic mass is 32.1. The summed E-state index contributed by atoms with van der Waals surface area (Å²) in [6, 6.07) is 19.5. The molecule has 0 bridgehead atoms. The number of esters is 1. The lowest BCUT2D eigenvalue weighted by Crippen LogP contribution is -2.54. The van der Waals surface area contributed by atoms with Crippen LogP contribution in [0, 0.1) is 23.5 Å². The number of nitriles is 1. The zero-order valence-electron chi connectivity index (χ0n) is 18.0. The SMILES string of the molecule is CCOC(=O)[C@@]1(C#N)[C@H](c2ccc(C)cc2)C(c2cccs2)=NN1c1ccc(N([O-])O)cc1. The summed E-state index contributed by atoms with van der Waals surface area (Å²) in [6.07, 6.45) is 0. The highest BCUT2D eigenvalue weighted by Gasteiger charge is 2.60. The summed E-state index contributed by atoms with van der Waals surface area (Å²) in [5.74, 6) is -1.45. The van der Waals surface area contributed by atoms with Crippen molar-refractivity contribution in [2.45, 2.75) is 25.3 Å². The molecular formula is C24H21N4O4S-. The summed E-state index contributed by atoms with van der Waals surface area (Å²) in [7, 11) is 0. The number of thiophene rings is 1. The van der Waals surface area contributed by atoms with Crippen LogP contribution in [-0.2, 0) is 9.53 Å². The maximum atomic E-state index is 13.5. The van der Waals surface area contributed by atoms with E-state index in [9.17, 15) is 20.5 Å². The van der Waals surface area contributed by atoms with Gasteiger partial charge in [0.15, 0.2) is 0 Å². The van der Waals surface area contributed by atoms with E-state index in [4.69, 9.17) is 9.84 Å². The Labute approximate surface area is 195 Å². The molecule has 3 aromatic rings. The normalized spacial score (nSPS) is 19.7. The van der Waals surface area contributed by atoms with Crippen LogP contribution < -0.4 is 10.2 Å².